The molecule has 0 aliphatic carbocycles. The number of amides is 2. The first-order valence-corrected chi connectivity index (χ1v) is 9.86. The van der Waals surface area contributed by atoms with Gasteiger partial charge in [0.25, 0.3) is 0 Å². The molecule has 2 fully saturated rings. The van der Waals surface area contributed by atoms with Crippen molar-refractivity contribution in [1.29, 1.82) is 0 Å². The van der Waals surface area contributed by atoms with Crippen LogP contribution in [-0.2, 0) is 0 Å². The molecule has 0 saturated carbocycles. The third kappa shape index (κ3) is 4.38. The second-order valence-electron chi connectivity index (χ2n) is 7.35. The van der Waals surface area contributed by atoms with Crippen LogP contribution in [0.4, 0.5) is 30.9 Å². The van der Waals surface area contributed by atoms with Crippen LogP contribution in [0.1, 0.15) is 18.7 Å². The fourth-order valence-corrected chi connectivity index (χ4v) is 3.73. The van der Waals surface area contributed by atoms with Crippen LogP contribution in [0.3, 0.4) is 0 Å². The lowest BCUT2D eigenvalue weighted by Crippen LogP contribution is -2.50. The van der Waals surface area contributed by atoms with Crippen LogP contribution in [0, 0.1) is 18.6 Å². The van der Waals surface area contributed by atoms with Crippen molar-refractivity contribution in [2.24, 2.45) is 0 Å². The second-order valence-corrected chi connectivity index (χ2v) is 7.35. The third-order valence-electron chi connectivity index (χ3n) is 5.30. The van der Waals surface area contributed by atoms with E-state index in [1.165, 1.54) is 12.8 Å². The van der Waals surface area contributed by atoms with E-state index in [2.05, 4.69) is 25.1 Å². The fourth-order valence-electron chi connectivity index (χ4n) is 3.73. The topological polar surface area (TPSA) is 64.6 Å². The summed E-state index contributed by atoms with van der Waals surface area (Å²) in [7, 11) is 0. The lowest BCUT2D eigenvalue weighted by molar-refractivity contribution is 0.208. The molecule has 1 N–H and O–H groups in total. The number of anilines is 3. The van der Waals surface area contributed by atoms with Crippen molar-refractivity contribution < 1.29 is 13.6 Å². The first-order valence-electron chi connectivity index (χ1n) is 9.86. The molecule has 4 rings (SSSR count). The van der Waals surface area contributed by atoms with Crippen molar-refractivity contribution in [3.05, 3.63) is 41.7 Å². The van der Waals surface area contributed by atoms with Crippen LogP contribution in [0.25, 0.3) is 0 Å². The van der Waals surface area contributed by atoms with Gasteiger partial charge in [0.1, 0.15) is 29.1 Å². The fraction of sp³-hybridized carbons (Fsp3) is 0.450. The first-order chi connectivity index (χ1) is 14.0. The molecule has 0 radical (unpaired) electrons. The van der Waals surface area contributed by atoms with Crippen LogP contribution in [-0.4, -0.2) is 60.2 Å². The molecule has 154 valence electrons. The molecule has 29 heavy (non-hydrogen) atoms. The van der Waals surface area contributed by atoms with Crippen molar-refractivity contribution in [1.82, 2.24) is 14.9 Å². The highest BCUT2D eigenvalue weighted by Crippen LogP contribution is 2.24. The van der Waals surface area contributed by atoms with E-state index in [1.807, 2.05) is 13.0 Å². The zero-order valence-corrected chi connectivity index (χ0v) is 16.4. The van der Waals surface area contributed by atoms with Gasteiger partial charge in [-0.15, -0.1) is 0 Å². The standard InChI is InChI=1S/C20H24F2N6O/c1-14-23-18(26-6-2-3-7-26)13-19(24-14)27-8-10-28(11-9-27)20(29)25-17-12-15(21)4-5-16(17)22/h4-5,12-13H,2-3,6-11H2,1H3,(H,25,29). The maximum absolute atomic E-state index is 13.8. The molecule has 1 aromatic carbocycles. The summed E-state index contributed by atoms with van der Waals surface area (Å²) in [6.45, 7) is 6.06. The number of piperazine rings is 1. The lowest BCUT2D eigenvalue weighted by Gasteiger charge is -2.35. The Morgan fingerprint density at radius 3 is 2.21 bits per heavy atom. The molecular weight excluding hydrogens is 378 g/mol. The lowest BCUT2D eigenvalue weighted by atomic mass is 10.3. The Morgan fingerprint density at radius 2 is 1.55 bits per heavy atom. The molecule has 2 aromatic rings. The quantitative estimate of drug-likeness (QED) is 0.855. The number of urea groups is 1. The molecule has 9 heteroatoms. The predicted molar refractivity (Wildman–Crippen MR) is 107 cm³/mol. The van der Waals surface area contributed by atoms with Gasteiger partial charge in [-0.05, 0) is 31.9 Å². The van der Waals surface area contributed by atoms with Gasteiger partial charge in [-0.1, -0.05) is 0 Å². The number of nitrogens with one attached hydrogen (secondary N) is 1. The number of rotatable bonds is 3. The molecule has 3 heterocycles. The van der Waals surface area contributed by atoms with E-state index in [0.717, 1.165) is 48.7 Å². The highest BCUT2D eigenvalue weighted by atomic mass is 19.1. The zero-order chi connectivity index (χ0) is 20.4. The van der Waals surface area contributed by atoms with Crippen LogP contribution in [0.15, 0.2) is 24.3 Å². The molecule has 7 nitrogen and oxygen atoms in total. The van der Waals surface area contributed by atoms with E-state index in [1.54, 1.807) is 4.90 Å². The summed E-state index contributed by atoms with van der Waals surface area (Å²) in [6.07, 6.45) is 2.36. The minimum absolute atomic E-state index is 0.154. The van der Waals surface area contributed by atoms with E-state index in [0.29, 0.717) is 26.2 Å². The monoisotopic (exact) mass is 402 g/mol. The molecule has 2 saturated heterocycles. The highest BCUT2D eigenvalue weighted by molar-refractivity contribution is 5.89. The largest absolute Gasteiger partial charge is 0.356 e. The summed E-state index contributed by atoms with van der Waals surface area (Å²) in [6, 6.07) is 4.57. The number of hydrogen-bond acceptors (Lipinski definition) is 5. The molecule has 1 aromatic heterocycles. The molecule has 0 atom stereocenters. The predicted octanol–water partition coefficient (Wildman–Crippen LogP) is 3.02. The second kappa shape index (κ2) is 8.18. The molecule has 2 amide bonds. The van der Waals surface area contributed by atoms with E-state index in [9.17, 15) is 13.6 Å². The number of benzene rings is 1. The summed E-state index contributed by atoms with van der Waals surface area (Å²) in [4.78, 5) is 27.6. The van der Waals surface area contributed by atoms with Crippen molar-refractivity contribution >= 4 is 23.4 Å². The van der Waals surface area contributed by atoms with Crippen LogP contribution in [0.5, 0.6) is 0 Å². The summed E-state index contributed by atoms with van der Waals surface area (Å²) in [5, 5.41) is 2.45. The number of carbonyl (C=O) groups is 1. The normalized spacial score (nSPS) is 17.0. The van der Waals surface area contributed by atoms with Gasteiger partial charge in [0, 0.05) is 51.4 Å². The molecule has 2 aliphatic heterocycles. The molecule has 0 bridgehead atoms. The van der Waals surface area contributed by atoms with Gasteiger partial charge >= 0.3 is 6.03 Å². The van der Waals surface area contributed by atoms with Gasteiger partial charge in [0.15, 0.2) is 0 Å². The Balaban J connectivity index is 1.39. The molecule has 0 unspecified atom stereocenters. The summed E-state index contributed by atoms with van der Waals surface area (Å²) >= 11 is 0. The maximum atomic E-state index is 13.8. The smallest absolute Gasteiger partial charge is 0.322 e. The van der Waals surface area contributed by atoms with Crippen molar-refractivity contribution in [3.8, 4) is 0 Å². The van der Waals surface area contributed by atoms with Gasteiger partial charge in [-0.3, -0.25) is 0 Å². The van der Waals surface area contributed by atoms with Crippen molar-refractivity contribution in [2.45, 2.75) is 19.8 Å². The Morgan fingerprint density at radius 1 is 0.931 bits per heavy atom. The Hall–Kier alpha value is -2.97. The van der Waals surface area contributed by atoms with Crippen molar-refractivity contribution in [2.75, 3.05) is 54.4 Å². The SMILES string of the molecule is Cc1nc(N2CCCC2)cc(N2CCN(C(=O)Nc3cc(F)ccc3F)CC2)n1. The van der Waals surface area contributed by atoms with E-state index in [-0.39, 0.29) is 5.69 Å². The Labute approximate surface area is 168 Å². The van der Waals surface area contributed by atoms with Gasteiger partial charge in [-0.2, -0.15) is 0 Å². The molecular formula is C20H24F2N6O. The van der Waals surface area contributed by atoms with Crippen LogP contribution < -0.4 is 15.1 Å². The zero-order valence-electron chi connectivity index (χ0n) is 16.4. The summed E-state index contributed by atoms with van der Waals surface area (Å²) < 4.78 is 27.1. The minimum atomic E-state index is -0.663. The van der Waals surface area contributed by atoms with Gasteiger partial charge in [0.05, 0.1) is 5.69 Å². The number of hydrogen-bond donors (Lipinski definition) is 1. The first kappa shape index (κ1) is 19.4. The maximum Gasteiger partial charge on any atom is 0.322 e. The number of carbonyl (C=O) groups excluding carboxylic acids is 1. The summed E-state index contributed by atoms with van der Waals surface area (Å²) in [5.74, 6) is 1.28. The minimum Gasteiger partial charge on any atom is -0.356 e. The number of halogens is 2. The highest BCUT2D eigenvalue weighted by Gasteiger charge is 2.24. The van der Waals surface area contributed by atoms with E-state index < -0.39 is 17.7 Å². The van der Waals surface area contributed by atoms with Gasteiger partial charge in [0.2, 0.25) is 0 Å². The van der Waals surface area contributed by atoms with Crippen LogP contribution >= 0.6 is 0 Å². The summed E-state index contributed by atoms with van der Waals surface area (Å²) in [5.41, 5.74) is -0.154. The Bertz CT molecular complexity index is 895. The third-order valence-corrected chi connectivity index (χ3v) is 5.30. The molecule has 2 aliphatic rings. The van der Waals surface area contributed by atoms with Gasteiger partial charge < -0.3 is 20.0 Å². The van der Waals surface area contributed by atoms with E-state index >= 15 is 0 Å². The average molecular weight is 402 g/mol. The van der Waals surface area contributed by atoms with Gasteiger partial charge in [-0.25, -0.2) is 23.5 Å². The Kier molecular flexibility index (Phi) is 5.46. The van der Waals surface area contributed by atoms with E-state index in [4.69, 9.17) is 0 Å². The number of nitrogens with zero attached hydrogens (tertiary/aromatic N) is 5. The van der Waals surface area contributed by atoms with Crippen molar-refractivity contribution in [3.63, 3.8) is 0 Å². The molecule has 0 spiro atoms. The van der Waals surface area contributed by atoms with Crippen LogP contribution in [0.2, 0.25) is 0 Å². The number of aryl methyl sites for hydroxylation is 1. The number of aromatic nitrogens is 2. The average Bonchev–Trinajstić information content (AvgIpc) is 3.25.